The Kier molecular flexibility index (Phi) is 2.88. The summed E-state index contributed by atoms with van der Waals surface area (Å²) in [7, 11) is 0. The fraction of sp³-hybridized carbons (Fsp3) is 0.125. The molecule has 0 amide bonds. The van der Waals surface area contributed by atoms with Gasteiger partial charge < -0.3 is 9.69 Å². The zero-order chi connectivity index (χ0) is 13.2. The van der Waals surface area contributed by atoms with E-state index in [-0.39, 0.29) is 6.04 Å². The van der Waals surface area contributed by atoms with Crippen LogP contribution in [0.25, 0.3) is 0 Å². The maximum atomic E-state index is 11.5. The third kappa shape index (κ3) is 1.93. The van der Waals surface area contributed by atoms with E-state index in [1.165, 1.54) is 0 Å². The fourth-order valence-corrected chi connectivity index (χ4v) is 2.41. The number of para-hydroxylation sites is 2. The van der Waals surface area contributed by atoms with Gasteiger partial charge in [0.15, 0.2) is 0 Å². The number of fused-ring (bicyclic) bond motifs is 1. The third-order valence-corrected chi connectivity index (χ3v) is 3.40. The second kappa shape index (κ2) is 4.69. The molecular formula is C16H14N2O. The van der Waals surface area contributed by atoms with Crippen LogP contribution >= 0.6 is 0 Å². The Labute approximate surface area is 112 Å². The first-order valence-electron chi connectivity index (χ1n) is 6.23. The third-order valence-electron chi connectivity index (χ3n) is 3.40. The van der Waals surface area contributed by atoms with Crippen LogP contribution in [0.1, 0.15) is 17.2 Å². The molecule has 0 spiro atoms. The first kappa shape index (κ1) is 11.7. The number of carbonyl (C=O) groups is 1. The highest BCUT2D eigenvalue weighted by Crippen LogP contribution is 2.35. The van der Waals surface area contributed by atoms with Crippen LogP contribution in [0.2, 0.25) is 0 Å². The van der Waals surface area contributed by atoms with E-state index in [2.05, 4.69) is 4.99 Å². The number of hydrogen-bond donors (Lipinski definition) is 0. The molecule has 1 atom stereocenters. The Bertz CT molecular complexity index is 649. The lowest BCUT2D eigenvalue weighted by molar-refractivity contribution is -0.108. The van der Waals surface area contributed by atoms with E-state index in [0.29, 0.717) is 0 Å². The Morgan fingerprint density at radius 3 is 2.63 bits per heavy atom. The van der Waals surface area contributed by atoms with Crippen molar-refractivity contribution in [1.82, 2.24) is 0 Å². The van der Waals surface area contributed by atoms with Crippen LogP contribution < -0.4 is 4.90 Å². The Morgan fingerprint density at radius 2 is 1.84 bits per heavy atom. The van der Waals surface area contributed by atoms with Gasteiger partial charge in [0.05, 0.1) is 12.0 Å². The molecule has 0 aliphatic carbocycles. The molecule has 1 heterocycles. The van der Waals surface area contributed by atoms with E-state index in [1.54, 1.807) is 6.34 Å². The normalized spacial score (nSPS) is 17.1. The second-order valence-electron chi connectivity index (χ2n) is 4.58. The lowest BCUT2D eigenvalue weighted by Crippen LogP contribution is -2.31. The molecule has 0 saturated carbocycles. The van der Waals surface area contributed by atoms with E-state index in [1.807, 2.05) is 60.4 Å². The average Bonchev–Trinajstić information content (AvgIpc) is 2.46. The van der Waals surface area contributed by atoms with Gasteiger partial charge in [-0.2, -0.15) is 0 Å². The monoisotopic (exact) mass is 250 g/mol. The summed E-state index contributed by atoms with van der Waals surface area (Å²) in [6.45, 7) is 2.03. The molecule has 0 saturated heterocycles. The number of aryl methyl sites for hydroxylation is 1. The number of anilines is 1. The lowest BCUT2D eigenvalue weighted by Gasteiger charge is -2.31. The molecule has 0 aromatic heterocycles. The summed E-state index contributed by atoms with van der Waals surface area (Å²) >= 11 is 0. The van der Waals surface area contributed by atoms with Crippen molar-refractivity contribution in [3.05, 3.63) is 59.7 Å². The first-order valence-corrected chi connectivity index (χ1v) is 6.23. The molecule has 19 heavy (non-hydrogen) atoms. The van der Waals surface area contributed by atoms with Crippen LogP contribution in [0, 0.1) is 6.92 Å². The van der Waals surface area contributed by atoms with Gasteiger partial charge >= 0.3 is 0 Å². The van der Waals surface area contributed by atoms with E-state index in [0.717, 1.165) is 28.8 Å². The van der Waals surface area contributed by atoms with Crippen LogP contribution in [0.5, 0.6) is 0 Å². The van der Waals surface area contributed by atoms with Gasteiger partial charge in [-0.05, 0) is 24.6 Å². The molecule has 1 aliphatic heterocycles. The van der Waals surface area contributed by atoms with Gasteiger partial charge in [0.2, 0.25) is 0 Å². The number of aliphatic imine (C=N–C) groups is 1. The molecule has 3 nitrogen and oxygen atoms in total. The van der Waals surface area contributed by atoms with Crippen LogP contribution in [0.4, 0.5) is 11.4 Å². The minimum absolute atomic E-state index is 0.310. The van der Waals surface area contributed by atoms with Gasteiger partial charge in [-0.1, -0.05) is 36.4 Å². The van der Waals surface area contributed by atoms with Crippen molar-refractivity contribution >= 4 is 24.0 Å². The fourth-order valence-electron chi connectivity index (χ4n) is 2.41. The summed E-state index contributed by atoms with van der Waals surface area (Å²) in [6.07, 6.45) is 2.71. The van der Waals surface area contributed by atoms with E-state index < -0.39 is 0 Å². The number of carbonyl (C=O) groups excluding carboxylic acids is 1. The maximum absolute atomic E-state index is 11.5. The number of hydrogen-bond acceptors (Lipinski definition) is 3. The van der Waals surface area contributed by atoms with Crippen molar-refractivity contribution in [2.24, 2.45) is 4.99 Å². The summed E-state index contributed by atoms with van der Waals surface area (Å²) in [5, 5.41) is 0. The number of rotatable bonds is 2. The molecular weight excluding hydrogens is 236 g/mol. The standard InChI is InChI=1S/C16H14N2O/c1-12-6-2-5-9-15(12)18-11-17-14-8-4-3-7-13(14)16(18)10-19/h2-11,16H,1H3. The van der Waals surface area contributed by atoms with E-state index in [9.17, 15) is 4.79 Å². The van der Waals surface area contributed by atoms with Crippen LogP contribution in [-0.4, -0.2) is 12.6 Å². The molecule has 3 heteroatoms. The van der Waals surface area contributed by atoms with Gasteiger partial charge in [0.1, 0.15) is 12.3 Å². The Morgan fingerprint density at radius 1 is 1.11 bits per heavy atom. The van der Waals surface area contributed by atoms with Crippen LogP contribution in [0.3, 0.4) is 0 Å². The van der Waals surface area contributed by atoms with Crippen molar-refractivity contribution < 1.29 is 4.79 Å². The summed E-state index contributed by atoms with van der Waals surface area (Å²) in [5.41, 5.74) is 3.95. The molecule has 2 aromatic carbocycles. The highest BCUT2D eigenvalue weighted by atomic mass is 16.1. The molecule has 0 fully saturated rings. The average molecular weight is 250 g/mol. The van der Waals surface area contributed by atoms with Crippen molar-refractivity contribution in [2.45, 2.75) is 13.0 Å². The van der Waals surface area contributed by atoms with E-state index in [4.69, 9.17) is 0 Å². The van der Waals surface area contributed by atoms with Crippen molar-refractivity contribution in [1.29, 1.82) is 0 Å². The second-order valence-corrected chi connectivity index (χ2v) is 4.58. The van der Waals surface area contributed by atoms with Gasteiger partial charge in [-0.25, -0.2) is 4.99 Å². The summed E-state index contributed by atoms with van der Waals surface area (Å²) < 4.78 is 0. The Balaban J connectivity index is 2.11. The molecule has 1 aliphatic rings. The molecule has 0 N–H and O–H groups in total. The summed E-state index contributed by atoms with van der Waals surface area (Å²) in [4.78, 5) is 17.9. The quantitative estimate of drug-likeness (QED) is 0.765. The van der Waals surface area contributed by atoms with Gasteiger partial charge in [0, 0.05) is 11.3 Å². The number of aldehydes is 1. The van der Waals surface area contributed by atoms with Gasteiger partial charge in [-0.3, -0.25) is 0 Å². The predicted molar refractivity (Wildman–Crippen MR) is 77.1 cm³/mol. The topological polar surface area (TPSA) is 32.7 Å². The summed E-state index contributed by atoms with van der Waals surface area (Å²) in [6, 6.07) is 15.4. The molecule has 94 valence electrons. The molecule has 1 unspecified atom stereocenters. The number of nitrogens with zero attached hydrogens (tertiary/aromatic N) is 2. The minimum Gasteiger partial charge on any atom is -0.318 e. The smallest absolute Gasteiger partial charge is 0.147 e. The number of benzene rings is 2. The van der Waals surface area contributed by atoms with Crippen molar-refractivity contribution in [3.63, 3.8) is 0 Å². The molecule has 2 aromatic rings. The zero-order valence-corrected chi connectivity index (χ0v) is 10.7. The van der Waals surface area contributed by atoms with Crippen molar-refractivity contribution in [2.75, 3.05) is 4.90 Å². The first-order chi connectivity index (χ1) is 9.31. The lowest BCUT2D eigenvalue weighted by atomic mass is 10.0. The molecule has 0 radical (unpaired) electrons. The summed E-state index contributed by atoms with van der Waals surface area (Å²) in [5.74, 6) is 0. The van der Waals surface area contributed by atoms with Crippen molar-refractivity contribution in [3.8, 4) is 0 Å². The van der Waals surface area contributed by atoms with Gasteiger partial charge in [0.25, 0.3) is 0 Å². The van der Waals surface area contributed by atoms with Gasteiger partial charge in [-0.15, -0.1) is 0 Å². The van der Waals surface area contributed by atoms with E-state index >= 15 is 0 Å². The highest BCUT2D eigenvalue weighted by Gasteiger charge is 2.25. The zero-order valence-electron chi connectivity index (χ0n) is 10.7. The van der Waals surface area contributed by atoms with Crippen LogP contribution in [0.15, 0.2) is 53.5 Å². The SMILES string of the molecule is Cc1ccccc1N1C=Nc2ccccc2C1C=O. The minimum atomic E-state index is -0.310. The Hall–Kier alpha value is -2.42. The molecule has 3 rings (SSSR count). The largest absolute Gasteiger partial charge is 0.318 e. The maximum Gasteiger partial charge on any atom is 0.147 e. The van der Waals surface area contributed by atoms with Crippen LogP contribution in [-0.2, 0) is 4.79 Å². The highest BCUT2D eigenvalue weighted by molar-refractivity contribution is 5.92. The molecule has 0 bridgehead atoms. The predicted octanol–water partition coefficient (Wildman–Crippen LogP) is 3.42.